The van der Waals surface area contributed by atoms with Crippen LogP contribution in [0.4, 0.5) is 0 Å². The minimum absolute atomic E-state index is 0.0421. The van der Waals surface area contributed by atoms with Gasteiger partial charge in [-0.25, -0.2) is 9.59 Å². The van der Waals surface area contributed by atoms with Crippen molar-refractivity contribution in [2.75, 3.05) is 0 Å². The van der Waals surface area contributed by atoms with E-state index in [1.807, 2.05) is 37.3 Å². The van der Waals surface area contributed by atoms with E-state index >= 15 is 0 Å². The molecule has 2 aromatic rings. The summed E-state index contributed by atoms with van der Waals surface area (Å²) < 4.78 is 5.46. The summed E-state index contributed by atoms with van der Waals surface area (Å²) >= 11 is 0. The van der Waals surface area contributed by atoms with E-state index in [1.165, 1.54) is 12.1 Å². The van der Waals surface area contributed by atoms with Gasteiger partial charge in [0.25, 0.3) is 0 Å². The van der Waals surface area contributed by atoms with Gasteiger partial charge in [-0.05, 0) is 30.7 Å². The van der Waals surface area contributed by atoms with Gasteiger partial charge in [-0.3, -0.25) is 0 Å². The van der Waals surface area contributed by atoms with Crippen LogP contribution in [0, 0.1) is 0 Å². The highest BCUT2D eigenvalue weighted by Crippen LogP contribution is 2.21. The third-order valence-corrected chi connectivity index (χ3v) is 3.11. The molecule has 0 aliphatic carbocycles. The highest BCUT2D eigenvalue weighted by molar-refractivity contribution is 6.02. The standard InChI is InChI=1S/C18H16O4/c1-2-8-16(13-9-4-3-5-10-13)22-18(21)15-12-7-6-11-14(15)17(19)20/h2-12,16H,1H3,(H,19,20)/b8-2+. The second-order valence-corrected chi connectivity index (χ2v) is 4.61. The molecule has 4 heteroatoms. The summed E-state index contributed by atoms with van der Waals surface area (Å²) in [5, 5.41) is 9.15. The maximum Gasteiger partial charge on any atom is 0.339 e. The van der Waals surface area contributed by atoms with Gasteiger partial charge in [0.05, 0.1) is 11.1 Å². The van der Waals surface area contributed by atoms with E-state index in [2.05, 4.69) is 0 Å². The molecule has 0 aliphatic rings. The van der Waals surface area contributed by atoms with Crippen LogP contribution >= 0.6 is 0 Å². The first-order valence-electron chi connectivity index (χ1n) is 6.84. The van der Waals surface area contributed by atoms with Gasteiger partial charge >= 0.3 is 11.9 Å². The third-order valence-electron chi connectivity index (χ3n) is 3.11. The molecule has 1 N–H and O–H groups in total. The van der Waals surface area contributed by atoms with Gasteiger partial charge in [0.15, 0.2) is 0 Å². The Bertz CT molecular complexity index is 689. The van der Waals surface area contributed by atoms with Crippen molar-refractivity contribution in [3.8, 4) is 0 Å². The molecule has 1 atom stereocenters. The van der Waals surface area contributed by atoms with Crippen molar-refractivity contribution in [2.24, 2.45) is 0 Å². The monoisotopic (exact) mass is 296 g/mol. The van der Waals surface area contributed by atoms with Crippen LogP contribution in [0.5, 0.6) is 0 Å². The summed E-state index contributed by atoms with van der Waals surface area (Å²) in [6.45, 7) is 1.83. The second-order valence-electron chi connectivity index (χ2n) is 4.61. The highest BCUT2D eigenvalue weighted by Gasteiger charge is 2.20. The number of hydrogen-bond acceptors (Lipinski definition) is 3. The van der Waals surface area contributed by atoms with Gasteiger partial charge in [0, 0.05) is 0 Å². The van der Waals surface area contributed by atoms with Crippen molar-refractivity contribution in [1.82, 2.24) is 0 Å². The largest absolute Gasteiger partial charge is 0.478 e. The summed E-state index contributed by atoms with van der Waals surface area (Å²) in [6, 6.07) is 15.3. The van der Waals surface area contributed by atoms with E-state index in [-0.39, 0.29) is 11.1 Å². The van der Waals surface area contributed by atoms with Crippen LogP contribution in [-0.2, 0) is 4.74 Å². The molecule has 0 amide bonds. The average Bonchev–Trinajstić information content (AvgIpc) is 2.55. The molecule has 22 heavy (non-hydrogen) atoms. The van der Waals surface area contributed by atoms with Crippen LogP contribution in [0.25, 0.3) is 0 Å². The molecule has 112 valence electrons. The van der Waals surface area contributed by atoms with Crippen LogP contribution in [0.3, 0.4) is 0 Å². The normalized spacial score (nSPS) is 12.0. The summed E-state index contributed by atoms with van der Waals surface area (Å²) in [7, 11) is 0. The Kier molecular flexibility index (Phi) is 5.09. The number of ether oxygens (including phenoxy) is 1. The number of hydrogen-bond donors (Lipinski definition) is 1. The number of carbonyl (C=O) groups excluding carboxylic acids is 1. The first-order chi connectivity index (χ1) is 10.6. The van der Waals surface area contributed by atoms with Gasteiger partial charge in [-0.1, -0.05) is 48.5 Å². The maximum atomic E-state index is 12.3. The fraction of sp³-hybridized carbons (Fsp3) is 0.111. The molecule has 4 nitrogen and oxygen atoms in total. The Balaban J connectivity index is 2.28. The quantitative estimate of drug-likeness (QED) is 0.672. The Hall–Kier alpha value is -2.88. The van der Waals surface area contributed by atoms with Gasteiger partial charge in [0.2, 0.25) is 0 Å². The Morgan fingerprint density at radius 2 is 1.59 bits per heavy atom. The lowest BCUT2D eigenvalue weighted by Gasteiger charge is -2.15. The molecule has 0 heterocycles. The molecule has 0 saturated carbocycles. The first-order valence-corrected chi connectivity index (χ1v) is 6.84. The lowest BCUT2D eigenvalue weighted by atomic mass is 10.1. The molecular weight excluding hydrogens is 280 g/mol. The molecule has 0 aromatic heterocycles. The highest BCUT2D eigenvalue weighted by atomic mass is 16.5. The SMILES string of the molecule is C/C=C/C(OC(=O)c1ccccc1C(=O)O)c1ccccc1. The molecule has 0 spiro atoms. The number of carbonyl (C=O) groups is 2. The maximum absolute atomic E-state index is 12.3. The van der Waals surface area contributed by atoms with E-state index in [0.29, 0.717) is 0 Å². The van der Waals surface area contributed by atoms with Gasteiger partial charge < -0.3 is 9.84 Å². The predicted molar refractivity (Wildman–Crippen MR) is 82.8 cm³/mol. The average molecular weight is 296 g/mol. The van der Waals surface area contributed by atoms with Crippen molar-refractivity contribution in [2.45, 2.75) is 13.0 Å². The van der Waals surface area contributed by atoms with Crippen molar-refractivity contribution >= 4 is 11.9 Å². The molecule has 2 rings (SSSR count). The Morgan fingerprint density at radius 1 is 1.00 bits per heavy atom. The minimum atomic E-state index is -1.16. The first kappa shape index (κ1) is 15.5. The Morgan fingerprint density at radius 3 is 2.18 bits per heavy atom. The zero-order valence-corrected chi connectivity index (χ0v) is 12.1. The lowest BCUT2D eigenvalue weighted by molar-refractivity contribution is 0.0384. The number of carboxylic acids is 1. The second kappa shape index (κ2) is 7.22. The van der Waals surface area contributed by atoms with Crippen molar-refractivity contribution in [3.63, 3.8) is 0 Å². The minimum Gasteiger partial charge on any atom is -0.478 e. The number of benzene rings is 2. The number of esters is 1. The van der Waals surface area contributed by atoms with Crippen LogP contribution in [0.1, 0.15) is 39.3 Å². The van der Waals surface area contributed by atoms with E-state index in [0.717, 1.165) is 5.56 Å². The fourth-order valence-electron chi connectivity index (χ4n) is 2.06. The smallest absolute Gasteiger partial charge is 0.339 e. The van der Waals surface area contributed by atoms with Crippen molar-refractivity contribution < 1.29 is 19.4 Å². The summed E-state index contributed by atoms with van der Waals surface area (Å²) in [5.41, 5.74) is 0.794. The summed E-state index contributed by atoms with van der Waals surface area (Å²) in [5.74, 6) is -1.82. The van der Waals surface area contributed by atoms with Crippen molar-refractivity contribution in [3.05, 3.63) is 83.4 Å². The van der Waals surface area contributed by atoms with E-state index < -0.39 is 18.0 Å². The van der Waals surface area contributed by atoms with Crippen molar-refractivity contribution in [1.29, 1.82) is 0 Å². The Labute approximate surface area is 128 Å². The van der Waals surface area contributed by atoms with Crippen LogP contribution in [-0.4, -0.2) is 17.0 Å². The molecule has 2 aromatic carbocycles. The van der Waals surface area contributed by atoms with Crippen LogP contribution < -0.4 is 0 Å². The number of carboxylic acid groups (broad SMARTS) is 1. The fourth-order valence-corrected chi connectivity index (χ4v) is 2.06. The molecule has 0 saturated heterocycles. The predicted octanol–water partition coefficient (Wildman–Crippen LogP) is 3.86. The van der Waals surface area contributed by atoms with Gasteiger partial charge in [-0.15, -0.1) is 0 Å². The van der Waals surface area contributed by atoms with E-state index in [9.17, 15) is 9.59 Å². The zero-order valence-electron chi connectivity index (χ0n) is 12.1. The number of allylic oxidation sites excluding steroid dienone is 1. The molecule has 0 radical (unpaired) electrons. The van der Waals surface area contributed by atoms with Crippen LogP contribution in [0.2, 0.25) is 0 Å². The topological polar surface area (TPSA) is 63.6 Å². The van der Waals surface area contributed by atoms with E-state index in [4.69, 9.17) is 9.84 Å². The zero-order chi connectivity index (χ0) is 15.9. The molecule has 0 aliphatic heterocycles. The number of rotatable bonds is 5. The van der Waals surface area contributed by atoms with Crippen LogP contribution in [0.15, 0.2) is 66.7 Å². The van der Waals surface area contributed by atoms with E-state index in [1.54, 1.807) is 24.3 Å². The lowest BCUT2D eigenvalue weighted by Crippen LogP contribution is -2.14. The molecular formula is C18H16O4. The third kappa shape index (κ3) is 3.61. The van der Waals surface area contributed by atoms with Gasteiger partial charge in [-0.2, -0.15) is 0 Å². The molecule has 0 fully saturated rings. The van der Waals surface area contributed by atoms with Gasteiger partial charge in [0.1, 0.15) is 6.10 Å². The summed E-state index contributed by atoms with van der Waals surface area (Å²) in [6.07, 6.45) is 2.98. The molecule has 0 bridgehead atoms. The number of aromatic carboxylic acids is 1. The summed E-state index contributed by atoms with van der Waals surface area (Å²) in [4.78, 5) is 23.5. The molecule has 1 unspecified atom stereocenters.